The van der Waals surface area contributed by atoms with Gasteiger partial charge in [-0.15, -0.1) is 0 Å². The number of para-hydroxylation sites is 1. The van der Waals surface area contributed by atoms with Gasteiger partial charge in [-0.25, -0.2) is 8.42 Å². The van der Waals surface area contributed by atoms with Crippen molar-refractivity contribution in [3.63, 3.8) is 0 Å². The van der Waals surface area contributed by atoms with Crippen molar-refractivity contribution in [1.82, 2.24) is 5.32 Å². The van der Waals surface area contributed by atoms with Crippen LogP contribution in [0.3, 0.4) is 0 Å². The molecule has 0 unspecified atom stereocenters. The first-order chi connectivity index (χ1) is 10.1. The van der Waals surface area contributed by atoms with Crippen molar-refractivity contribution in [1.29, 1.82) is 0 Å². The minimum absolute atomic E-state index is 0.346. The van der Waals surface area contributed by atoms with Gasteiger partial charge in [0.25, 0.3) is 10.0 Å². The molecule has 1 aliphatic heterocycles. The van der Waals surface area contributed by atoms with Gasteiger partial charge in [-0.05, 0) is 36.2 Å². The number of nitrogens with zero attached hydrogens (tertiary/aromatic N) is 1. The molecular weight excluding hydrogens is 284 g/mol. The Bertz CT molecular complexity index is 756. The zero-order chi connectivity index (χ0) is 14.9. The van der Waals surface area contributed by atoms with Gasteiger partial charge in [0.1, 0.15) is 0 Å². The van der Waals surface area contributed by atoms with Gasteiger partial charge in [-0.1, -0.05) is 30.3 Å². The smallest absolute Gasteiger partial charge is 0.264 e. The summed E-state index contributed by atoms with van der Waals surface area (Å²) in [5.41, 5.74) is 2.72. The minimum Gasteiger partial charge on any atom is -0.311 e. The fraction of sp³-hybridized carbons (Fsp3) is 0.250. The van der Waals surface area contributed by atoms with E-state index in [0.29, 0.717) is 24.5 Å². The first-order valence-corrected chi connectivity index (χ1v) is 8.41. The summed E-state index contributed by atoms with van der Waals surface area (Å²) in [5, 5.41) is 3.26. The van der Waals surface area contributed by atoms with E-state index in [1.807, 2.05) is 37.3 Å². The van der Waals surface area contributed by atoms with Crippen molar-refractivity contribution in [2.24, 2.45) is 0 Å². The van der Waals surface area contributed by atoms with Crippen LogP contribution in [-0.4, -0.2) is 21.5 Å². The molecule has 3 rings (SSSR count). The number of fused-ring (bicyclic) bond motifs is 1. The summed E-state index contributed by atoms with van der Waals surface area (Å²) in [7, 11) is -3.53. The Labute approximate surface area is 125 Å². The van der Waals surface area contributed by atoms with Crippen LogP contribution in [0.5, 0.6) is 0 Å². The standard InChI is InChI=1S/C16H18N2O2S/c1-13-5-4-7-15(11-13)21(19,20)18-10-9-17-12-14-6-2-3-8-16(14)18/h2-8,11,17H,9-10,12H2,1H3. The van der Waals surface area contributed by atoms with Crippen molar-refractivity contribution < 1.29 is 8.42 Å². The number of hydrogen-bond donors (Lipinski definition) is 1. The van der Waals surface area contributed by atoms with Crippen LogP contribution in [0.15, 0.2) is 53.4 Å². The molecule has 0 aromatic heterocycles. The van der Waals surface area contributed by atoms with Gasteiger partial charge in [0.15, 0.2) is 0 Å². The predicted octanol–water partition coefficient (Wildman–Crippen LogP) is 2.29. The topological polar surface area (TPSA) is 49.4 Å². The summed E-state index contributed by atoms with van der Waals surface area (Å²) in [6, 6.07) is 14.7. The summed E-state index contributed by atoms with van der Waals surface area (Å²) in [4.78, 5) is 0.346. The Morgan fingerprint density at radius 2 is 1.90 bits per heavy atom. The highest BCUT2D eigenvalue weighted by molar-refractivity contribution is 7.92. The van der Waals surface area contributed by atoms with Gasteiger partial charge >= 0.3 is 0 Å². The second-order valence-electron chi connectivity index (χ2n) is 5.20. The summed E-state index contributed by atoms with van der Waals surface area (Å²) in [5.74, 6) is 0. The lowest BCUT2D eigenvalue weighted by molar-refractivity contribution is 0.589. The molecule has 0 radical (unpaired) electrons. The van der Waals surface area contributed by atoms with E-state index < -0.39 is 10.0 Å². The SMILES string of the molecule is Cc1cccc(S(=O)(=O)N2CCNCc3ccccc32)c1. The van der Waals surface area contributed by atoms with E-state index in [1.165, 1.54) is 4.31 Å². The second kappa shape index (κ2) is 5.50. The number of anilines is 1. The number of aryl methyl sites for hydroxylation is 1. The maximum atomic E-state index is 13.0. The molecule has 2 aromatic carbocycles. The van der Waals surface area contributed by atoms with E-state index in [-0.39, 0.29) is 0 Å². The van der Waals surface area contributed by atoms with Crippen molar-refractivity contribution in [2.75, 3.05) is 17.4 Å². The van der Waals surface area contributed by atoms with Crippen molar-refractivity contribution in [3.05, 3.63) is 59.7 Å². The average Bonchev–Trinajstić information content (AvgIpc) is 2.70. The Morgan fingerprint density at radius 3 is 2.71 bits per heavy atom. The Balaban J connectivity index is 2.11. The lowest BCUT2D eigenvalue weighted by Crippen LogP contribution is -2.34. The minimum atomic E-state index is -3.53. The van der Waals surface area contributed by atoms with Crippen LogP contribution >= 0.6 is 0 Å². The average molecular weight is 302 g/mol. The Kier molecular flexibility index (Phi) is 3.69. The molecule has 4 nitrogen and oxygen atoms in total. The summed E-state index contributed by atoms with van der Waals surface area (Å²) in [6.07, 6.45) is 0. The lowest BCUT2D eigenvalue weighted by Gasteiger charge is -2.24. The zero-order valence-corrected chi connectivity index (χ0v) is 12.7. The molecule has 5 heteroatoms. The monoisotopic (exact) mass is 302 g/mol. The van der Waals surface area contributed by atoms with Crippen LogP contribution in [0.2, 0.25) is 0 Å². The summed E-state index contributed by atoms with van der Waals surface area (Å²) < 4.78 is 27.4. The van der Waals surface area contributed by atoms with Crippen LogP contribution in [0.25, 0.3) is 0 Å². The van der Waals surface area contributed by atoms with Crippen LogP contribution in [0.1, 0.15) is 11.1 Å². The van der Waals surface area contributed by atoms with E-state index in [1.54, 1.807) is 18.2 Å². The van der Waals surface area contributed by atoms with Gasteiger partial charge in [0, 0.05) is 19.6 Å². The van der Waals surface area contributed by atoms with E-state index in [9.17, 15) is 8.42 Å². The molecule has 0 saturated heterocycles. The molecule has 1 aliphatic rings. The van der Waals surface area contributed by atoms with Gasteiger partial charge in [-0.2, -0.15) is 0 Å². The van der Waals surface area contributed by atoms with E-state index in [0.717, 1.165) is 16.8 Å². The molecule has 0 atom stereocenters. The van der Waals surface area contributed by atoms with Gasteiger partial charge in [0.2, 0.25) is 0 Å². The van der Waals surface area contributed by atoms with Crippen molar-refractivity contribution in [3.8, 4) is 0 Å². The maximum absolute atomic E-state index is 13.0. The van der Waals surface area contributed by atoms with Gasteiger partial charge < -0.3 is 5.32 Å². The molecule has 0 saturated carbocycles. The largest absolute Gasteiger partial charge is 0.311 e. The van der Waals surface area contributed by atoms with Crippen LogP contribution in [0.4, 0.5) is 5.69 Å². The van der Waals surface area contributed by atoms with E-state index in [4.69, 9.17) is 0 Å². The molecule has 0 spiro atoms. The first-order valence-electron chi connectivity index (χ1n) is 6.97. The second-order valence-corrected chi connectivity index (χ2v) is 7.06. The molecule has 0 amide bonds. The zero-order valence-electron chi connectivity index (χ0n) is 11.9. The molecular formula is C16H18N2O2S. The van der Waals surface area contributed by atoms with Crippen LogP contribution in [0, 0.1) is 6.92 Å². The highest BCUT2D eigenvalue weighted by Gasteiger charge is 2.27. The van der Waals surface area contributed by atoms with Gasteiger partial charge in [-0.3, -0.25) is 4.31 Å². The Morgan fingerprint density at radius 1 is 1.10 bits per heavy atom. The summed E-state index contributed by atoms with van der Waals surface area (Å²) in [6.45, 7) is 3.67. The fourth-order valence-corrected chi connectivity index (χ4v) is 4.19. The molecule has 0 bridgehead atoms. The number of rotatable bonds is 2. The number of nitrogens with one attached hydrogen (secondary N) is 1. The molecule has 1 N–H and O–H groups in total. The van der Waals surface area contributed by atoms with Gasteiger partial charge in [0.05, 0.1) is 10.6 Å². The number of benzene rings is 2. The normalized spacial score (nSPS) is 15.4. The third-order valence-electron chi connectivity index (χ3n) is 3.64. The highest BCUT2D eigenvalue weighted by Crippen LogP contribution is 2.28. The molecule has 0 aliphatic carbocycles. The van der Waals surface area contributed by atoms with Crippen molar-refractivity contribution >= 4 is 15.7 Å². The Hall–Kier alpha value is -1.85. The highest BCUT2D eigenvalue weighted by atomic mass is 32.2. The van der Waals surface area contributed by atoms with E-state index >= 15 is 0 Å². The molecule has 1 heterocycles. The van der Waals surface area contributed by atoms with Crippen LogP contribution in [-0.2, 0) is 16.6 Å². The molecule has 2 aromatic rings. The third kappa shape index (κ3) is 2.66. The lowest BCUT2D eigenvalue weighted by atomic mass is 10.2. The number of hydrogen-bond acceptors (Lipinski definition) is 3. The van der Waals surface area contributed by atoms with E-state index in [2.05, 4.69) is 5.32 Å². The molecule has 110 valence electrons. The maximum Gasteiger partial charge on any atom is 0.264 e. The fourth-order valence-electron chi connectivity index (χ4n) is 2.58. The predicted molar refractivity (Wildman–Crippen MR) is 83.9 cm³/mol. The third-order valence-corrected chi connectivity index (χ3v) is 5.45. The van der Waals surface area contributed by atoms with Crippen LogP contribution < -0.4 is 9.62 Å². The number of sulfonamides is 1. The quantitative estimate of drug-likeness (QED) is 0.926. The summed E-state index contributed by atoms with van der Waals surface area (Å²) >= 11 is 0. The molecule has 0 fully saturated rings. The van der Waals surface area contributed by atoms with Crippen molar-refractivity contribution in [2.45, 2.75) is 18.4 Å². The molecule has 21 heavy (non-hydrogen) atoms. The first kappa shape index (κ1) is 14.1.